The van der Waals surface area contributed by atoms with Crippen LogP contribution in [0.4, 0.5) is 0 Å². The van der Waals surface area contributed by atoms with Gasteiger partial charge in [0.15, 0.2) is 5.78 Å². The maximum Gasteiger partial charge on any atom is 0.236 e. The predicted molar refractivity (Wildman–Crippen MR) is 83.5 cm³/mol. The lowest BCUT2D eigenvalue weighted by Gasteiger charge is -2.22. The lowest BCUT2D eigenvalue weighted by molar-refractivity contribution is -0.131. The molecule has 0 unspecified atom stereocenters. The number of ketones is 1. The zero-order valence-electron chi connectivity index (χ0n) is 12.8. The first-order valence-corrected chi connectivity index (χ1v) is 7.91. The quantitative estimate of drug-likeness (QED) is 0.691. The monoisotopic (exact) mass is 296 g/mol. The Balaban J connectivity index is 2.51. The van der Waals surface area contributed by atoms with E-state index < -0.39 is 0 Å². The minimum absolute atomic E-state index is 0.0747. The molecule has 0 aromatic carbocycles. The molecule has 5 heteroatoms. The summed E-state index contributed by atoms with van der Waals surface area (Å²) in [6, 6.07) is 3.88. The number of aryl methyl sites for hydroxylation is 1. The van der Waals surface area contributed by atoms with Crippen LogP contribution in [0.1, 0.15) is 35.3 Å². The van der Waals surface area contributed by atoms with E-state index >= 15 is 0 Å². The molecule has 1 aromatic heterocycles. The smallest absolute Gasteiger partial charge is 0.236 e. The Kier molecular flexibility index (Phi) is 6.88. The van der Waals surface area contributed by atoms with Gasteiger partial charge in [0.1, 0.15) is 0 Å². The Morgan fingerprint density at radius 2 is 1.75 bits per heavy atom. The van der Waals surface area contributed by atoms with Crippen molar-refractivity contribution in [1.82, 2.24) is 9.80 Å². The summed E-state index contributed by atoms with van der Waals surface area (Å²) >= 11 is 1.55. The number of nitrogens with zero attached hydrogens (tertiary/aromatic N) is 2. The van der Waals surface area contributed by atoms with Crippen molar-refractivity contribution in [1.29, 1.82) is 0 Å². The highest BCUT2D eigenvalue weighted by molar-refractivity contribution is 7.14. The first-order chi connectivity index (χ1) is 9.51. The highest BCUT2D eigenvalue weighted by Gasteiger charge is 2.16. The molecule has 0 radical (unpaired) electrons. The van der Waals surface area contributed by atoms with Gasteiger partial charge in [-0.3, -0.25) is 14.5 Å². The topological polar surface area (TPSA) is 40.6 Å². The summed E-state index contributed by atoms with van der Waals surface area (Å²) in [5, 5.41) is 0. The van der Waals surface area contributed by atoms with E-state index in [4.69, 9.17) is 0 Å². The molecule has 0 saturated carbocycles. The van der Waals surface area contributed by atoms with Gasteiger partial charge < -0.3 is 4.90 Å². The summed E-state index contributed by atoms with van der Waals surface area (Å²) in [7, 11) is 1.81. The van der Waals surface area contributed by atoms with Crippen molar-refractivity contribution >= 4 is 23.0 Å². The third-order valence-corrected chi connectivity index (χ3v) is 4.49. The first-order valence-electron chi connectivity index (χ1n) is 7.09. The van der Waals surface area contributed by atoms with Crippen LogP contribution in [0.15, 0.2) is 12.1 Å². The number of amides is 1. The standard InChI is InChI=1S/C15H24N2O2S/c1-5-12-8-9-14(20-12)13(18)10-16(4)11-15(19)17(6-2)7-3/h8-9H,5-7,10-11H2,1-4H3. The molecule has 1 rings (SSSR count). The summed E-state index contributed by atoms with van der Waals surface area (Å²) in [6.07, 6.45) is 0.953. The van der Waals surface area contributed by atoms with E-state index in [0.717, 1.165) is 11.3 Å². The molecule has 1 amide bonds. The average Bonchev–Trinajstić information content (AvgIpc) is 2.88. The zero-order valence-corrected chi connectivity index (χ0v) is 13.6. The van der Waals surface area contributed by atoms with E-state index in [1.54, 1.807) is 21.1 Å². The molecule has 112 valence electrons. The van der Waals surface area contributed by atoms with Crippen molar-refractivity contribution in [2.24, 2.45) is 0 Å². The first kappa shape index (κ1) is 16.9. The second kappa shape index (κ2) is 8.17. The zero-order chi connectivity index (χ0) is 15.1. The maximum absolute atomic E-state index is 12.1. The largest absolute Gasteiger partial charge is 0.342 e. The lowest BCUT2D eigenvalue weighted by Crippen LogP contribution is -2.40. The van der Waals surface area contributed by atoms with Crippen molar-refractivity contribution in [2.45, 2.75) is 27.2 Å². The summed E-state index contributed by atoms with van der Waals surface area (Å²) in [4.78, 5) is 29.6. The van der Waals surface area contributed by atoms with Crippen LogP contribution in [0.3, 0.4) is 0 Å². The SMILES string of the molecule is CCc1ccc(C(=O)CN(C)CC(=O)N(CC)CC)s1. The number of rotatable bonds is 8. The molecule has 0 spiro atoms. The Labute approximate surface area is 125 Å². The van der Waals surface area contributed by atoms with Crippen molar-refractivity contribution in [3.8, 4) is 0 Å². The highest BCUT2D eigenvalue weighted by Crippen LogP contribution is 2.17. The Morgan fingerprint density at radius 3 is 2.25 bits per heavy atom. The van der Waals surface area contributed by atoms with Crippen molar-refractivity contribution in [3.05, 3.63) is 21.9 Å². The van der Waals surface area contributed by atoms with Crippen molar-refractivity contribution in [3.63, 3.8) is 0 Å². The molecule has 0 N–H and O–H groups in total. The molecule has 0 bridgehead atoms. The third-order valence-electron chi connectivity index (χ3n) is 3.22. The molecule has 0 fully saturated rings. The fourth-order valence-electron chi connectivity index (χ4n) is 2.00. The molecule has 1 heterocycles. The second-order valence-corrected chi connectivity index (χ2v) is 5.95. The van der Waals surface area contributed by atoms with Crippen LogP contribution in [-0.4, -0.2) is 54.7 Å². The molecular weight excluding hydrogens is 272 g/mol. The molecule has 4 nitrogen and oxygen atoms in total. The average molecular weight is 296 g/mol. The van der Waals surface area contributed by atoms with Gasteiger partial charge in [-0.05, 0) is 39.4 Å². The fraction of sp³-hybridized carbons (Fsp3) is 0.600. The van der Waals surface area contributed by atoms with Gasteiger partial charge in [-0.15, -0.1) is 11.3 Å². The molecule has 0 aliphatic carbocycles. The van der Waals surface area contributed by atoms with Crippen LogP contribution < -0.4 is 0 Å². The molecule has 0 aliphatic rings. The number of hydrogen-bond donors (Lipinski definition) is 0. The van der Waals surface area contributed by atoms with Crippen LogP contribution in [0, 0.1) is 0 Å². The molecule has 0 aliphatic heterocycles. The Hall–Kier alpha value is -1.20. The Bertz CT molecular complexity index is 452. The summed E-state index contributed by atoms with van der Waals surface area (Å²) in [5.74, 6) is 0.162. The number of carbonyl (C=O) groups is 2. The number of likely N-dealkylation sites (N-methyl/N-ethyl adjacent to an activating group) is 2. The van der Waals surface area contributed by atoms with E-state index in [2.05, 4.69) is 6.92 Å². The van der Waals surface area contributed by atoms with E-state index in [-0.39, 0.29) is 18.2 Å². The normalized spacial score (nSPS) is 10.8. The Morgan fingerprint density at radius 1 is 1.10 bits per heavy atom. The number of hydrogen-bond acceptors (Lipinski definition) is 4. The lowest BCUT2D eigenvalue weighted by atomic mass is 10.3. The summed E-state index contributed by atoms with van der Waals surface area (Å²) in [5.41, 5.74) is 0. The van der Waals surface area contributed by atoms with Gasteiger partial charge in [0.2, 0.25) is 5.91 Å². The number of thiophene rings is 1. The fourth-order valence-corrected chi connectivity index (χ4v) is 2.88. The highest BCUT2D eigenvalue weighted by atomic mass is 32.1. The van der Waals surface area contributed by atoms with Gasteiger partial charge in [-0.2, -0.15) is 0 Å². The van der Waals surface area contributed by atoms with Crippen LogP contribution >= 0.6 is 11.3 Å². The molecule has 20 heavy (non-hydrogen) atoms. The summed E-state index contributed by atoms with van der Waals surface area (Å²) in [6.45, 7) is 8.00. The van der Waals surface area contributed by atoms with E-state index in [0.29, 0.717) is 19.6 Å². The maximum atomic E-state index is 12.1. The van der Waals surface area contributed by atoms with Crippen LogP contribution in [-0.2, 0) is 11.2 Å². The van der Waals surface area contributed by atoms with Crippen LogP contribution in [0.25, 0.3) is 0 Å². The summed E-state index contributed by atoms with van der Waals surface area (Å²) < 4.78 is 0. The van der Waals surface area contributed by atoms with Gasteiger partial charge in [-0.1, -0.05) is 6.92 Å². The van der Waals surface area contributed by atoms with Crippen molar-refractivity contribution in [2.75, 3.05) is 33.2 Å². The molecule has 1 aromatic rings. The minimum atomic E-state index is 0.0747. The third kappa shape index (κ3) is 4.72. The molecule has 0 saturated heterocycles. The number of carbonyl (C=O) groups excluding carboxylic acids is 2. The van der Waals surface area contributed by atoms with E-state index in [9.17, 15) is 9.59 Å². The van der Waals surface area contributed by atoms with Gasteiger partial charge in [0.25, 0.3) is 0 Å². The van der Waals surface area contributed by atoms with Crippen molar-refractivity contribution < 1.29 is 9.59 Å². The van der Waals surface area contributed by atoms with Gasteiger partial charge in [0.05, 0.1) is 18.0 Å². The van der Waals surface area contributed by atoms with Gasteiger partial charge >= 0.3 is 0 Å². The molecular formula is C15H24N2O2S. The number of Topliss-reactive ketones (excluding diaryl/α,β-unsaturated/α-hetero) is 1. The molecule has 0 atom stereocenters. The van der Waals surface area contributed by atoms with Gasteiger partial charge in [0, 0.05) is 18.0 Å². The van der Waals surface area contributed by atoms with Crippen LogP contribution in [0.2, 0.25) is 0 Å². The predicted octanol–water partition coefficient (Wildman–Crippen LogP) is 2.29. The second-order valence-electron chi connectivity index (χ2n) is 4.78. The minimum Gasteiger partial charge on any atom is -0.342 e. The van der Waals surface area contributed by atoms with E-state index in [1.165, 1.54) is 4.88 Å². The van der Waals surface area contributed by atoms with Crippen LogP contribution in [0.5, 0.6) is 0 Å². The van der Waals surface area contributed by atoms with Gasteiger partial charge in [-0.25, -0.2) is 0 Å². The van der Waals surface area contributed by atoms with E-state index in [1.807, 2.05) is 33.0 Å².